The molecule has 0 radical (unpaired) electrons. The number of hydrogen-bond acceptors (Lipinski definition) is 2. The molecule has 0 aliphatic carbocycles. The van der Waals surface area contributed by atoms with Crippen molar-refractivity contribution in [3.05, 3.63) is 40.0 Å². The lowest BCUT2D eigenvalue weighted by molar-refractivity contribution is 0.488. The summed E-state index contributed by atoms with van der Waals surface area (Å²) in [5.74, 6) is 0. The summed E-state index contributed by atoms with van der Waals surface area (Å²) in [4.78, 5) is 7.22. The van der Waals surface area contributed by atoms with Crippen LogP contribution in [-0.2, 0) is 12.0 Å². The first kappa shape index (κ1) is 11.5. The van der Waals surface area contributed by atoms with E-state index >= 15 is 0 Å². The first-order valence-corrected chi connectivity index (χ1v) is 5.07. The molecular formula is C11H16N4. The average Bonchev–Trinajstić information content (AvgIpc) is 2.27. The summed E-state index contributed by atoms with van der Waals surface area (Å²) >= 11 is 0. The smallest absolute Gasteiger partial charge is 0.0684 e. The second-order valence-corrected chi connectivity index (χ2v) is 4.14. The Hall–Kier alpha value is -1.54. The van der Waals surface area contributed by atoms with E-state index in [-0.39, 0.29) is 5.41 Å². The highest BCUT2D eigenvalue weighted by molar-refractivity contribution is 5.18. The molecule has 0 fully saturated rings. The molecule has 0 spiro atoms. The van der Waals surface area contributed by atoms with Gasteiger partial charge in [-0.1, -0.05) is 32.0 Å². The zero-order valence-corrected chi connectivity index (χ0v) is 9.44. The van der Waals surface area contributed by atoms with Crippen molar-refractivity contribution >= 4 is 0 Å². The quantitative estimate of drug-likeness (QED) is 0.420. The summed E-state index contributed by atoms with van der Waals surface area (Å²) in [6.07, 6.45) is 1.03. The molecule has 4 heteroatoms. The van der Waals surface area contributed by atoms with Crippen LogP contribution in [0, 0.1) is 0 Å². The Bertz CT molecular complexity index is 378. The molecule has 0 aliphatic rings. The van der Waals surface area contributed by atoms with Gasteiger partial charge in [0.1, 0.15) is 0 Å². The van der Waals surface area contributed by atoms with Crippen molar-refractivity contribution in [3.63, 3.8) is 0 Å². The third kappa shape index (κ3) is 2.96. The van der Waals surface area contributed by atoms with E-state index in [1.807, 2.05) is 18.2 Å². The first-order chi connectivity index (χ1) is 7.10. The number of nitrogens with zero attached hydrogens (tertiary/aromatic N) is 4. The molecule has 1 heterocycles. The van der Waals surface area contributed by atoms with Gasteiger partial charge in [-0.05, 0) is 24.1 Å². The van der Waals surface area contributed by atoms with Crippen LogP contribution in [-0.4, -0.2) is 4.98 Å². The van der Waals surface area contributed by atoms with Gasteiger partial charge >= 0.3 is 0 Å². The molecule has 0 bridgehead atoms. The Morgan fingerprint density at radius 1 is 1.47 bits per heavy atom. The number of azide groups is 1. The van der Waals surface area contributed by atoms with Crippen LogP contribution in [0.15, 0.2) is 23.3 Å². The highest BCUT2D eigenvalue weighted by Gasteiger charge is 2.19. The summed E-state index contributed by atoms with van der Waals surface area (Å²) in [5.41, 5.74) is 10.2. The maximum absolute atomic E-state index is 8.23. The van der Waals surface area contributed by atoms with Gasteiger partial charge in [-0.15, -0.1) is 0 Å². The van der Waals surface area contributed by atoms with Gasteiger partial charge in [-0.25, -0.2) is 0 Å². The summed E-state index contributed by atoms with van der Waals surface area (Å²) in [5, 5.41) is 3.51. The van der Waals surface area contributed by atoms with E-state index in [4.69, 9.17) is 5.53 Å². The monoisotopic (exact) mass is 204 g/mol. The fraction of sp³-hybridized carbons (Fsp3) is 0.545. The van der Waals surface area contributed by atoms with E-state index in [1.165, 1.54) is 0 Å². The van der Waals surface area contributed by atoms with E-state index in [0.717, 1.165) is 17.8 Å². The third-order valence-corrected chi connectivity index (χ3v) is 2.68. The van der Waals surface area contributed by atoms with Crippen LogP contribution in [0.3, 0.4) is 0 Å². The lowest BCUT2D eigenvalue weighted by Crippen LogP contribution is -2.17. The van der Waals surface area contributed by atoms with Gasteiger partial charge in [0.25, 0.3) is 0 Å². The van der Waals surface area contributed by atoms with Gasteiger partial charge in [-0.3, -0.25) is 4.98 Å². The third-order valence-electron chi connectivity index (χ3n) is 2.68. The van der Waals surface area contributed by atoms with Crippen molar-refractivity contribution in [2.75, 3.05) is 0 Å². The van der Waals surface area contributed by atoms with Gasteiger partial charge < -0.3 is 0 Å². The number of pyridine rings is 1. The topological polar surface area (TPSA) is 61.7 Å². The predicted molar refractivity (Wildman–Crippen MR) is 60.4 cm³/mol. The molecule has 80 valence electrons. The van der Waals surface area contributed by atoms with Gasteiger partial charge in [0.2, 0.25) is 0 Å². The van der Waals surface area contributed by atoms with Crippen molar-refractivity contribution in [1.29, 1.82) is 0 Å². The minimum atomic E-state index is 0.0758. The molecule has 15 heavy (non-hydrogen) atoms. The largest absolute Gasteiger partial charge is 0.257 e. The fourth-order valence-corrected chi connectivity index (χ4v) is 1.23. The van der Waals surface area contributed by atoms with Crippen LogP contribution in [0.1, 0.15) is 38.6 Å². The summed E-state index contributed by atoms with van der Waals surface area (Å²) < 4.78 is 0. The molecule has 0 amide bonds. The molecule has 0 aliphatic heterocycles. The van der Waals surface area contributed by atoms with Crippen LogP contribution >= 0.6 is 0 Å². The molecule has 0 aromatic carbocycles. The van der Waals surface area contributed by atoms with E-state index in [9.17, 15) is 0 Å². The van der Waals surface area contributed by atoms with Crippen molar-refractivity contribution in [1.82, 2.24) is 4.98 Å². The van der Waals surface area contributed by atoms with Crippen LogP contribution in [0.5, 0.6) is 0 Å². The fourth-order valence-electron chi connectivity index (χ4n) is 1.23. The minimum Gasteiger partial charge on any atom is -0.257 e. The van der Waals surface area contributed by atoms with Gasteiger partial charge in [0, 0.05) is 21.7 Å². The molecule has 1 rings (SSSR count). The number of aromatic nitrogens is 1. The Kier molecular flexibility index (Phi) is 3.69. The van der Waals surface area contributed by atoms with Crippen molar-refractivity contribution in [2.24, 2.45) is 5.11 Å². The zero-order valence-electron chi connectivity index (χ0n) is 9.44. The highest BCUT2D eigenvalue weighted by Crippen LogP contribution is 2.24. The molecular weight excluding hydrogens is 188 g/mol. The summed E-state index contributed by atoms with van der Waals surface area (Å²) in [7, 11) is 0. The SMILES string of the molecule is CCC(C)(C)c1cccc(CN=[N+]=[N-])n1. The standard InChI is InChI=1S/C11H16N4/c1-4-11(2,3)10-7-5-6-9(14-10)8-13-15-12/h5-7H,4,8H2,1-3H3. The van der Waals surface area contributed by atoms with Gasteiger partial charge in [0.05, 0.1) is 6.54 Å². The van der Waals surface area contributed by atoms with Gasteiger partial charge in [-0.2, -0.15) is 0 Å². The number of rotatable bonds is 4. The highest BCUT2D eigenvalue weighted by atomic mass is 15.1. The minimum absolute atomic E-state index is 0.0758. The van der Waals surface area contributed by atoms with Crippen LogP contribution in [0.4, 0.5) is 0 Å². The van der Waals surface area contributed by atoms with Crippen molar-refractivity contribution in [2.45, 2.75) is 39.2 Å². The molecule has 0 atom stereocenters. The summed E-state index contributed by atoms with van der Waals surface area (Å²) in [6, 6.07) is 5.86. The maximum Gasteiger partial charge on any atom is 0.0684 e. The number of hydrogen-bond donors (Lipinski definition) is 0. The second-order valence-electron chi connectivity index (χ2n) is 4.14. The molecule has 4 nitrogen and oxygen atoms in total. The van der Waals surface area contributed by atoms with Crippen molar-refractivity contribution in [3.8, 4) is 0 Å². The molecule has 0 saturated carbocycles. The predicted octanol–water partition coefficient (Wildman–Crippen LogP) is 3.58. The normalized spacial score (nSPS) is 10.9. The van der Waals surface area contributed by atoms with E-state index in [0.29, 0.717) is 6.54 Å². The van der Waals surface area contributed by atoms with Crippen LogP contribution < -0.4 is 0 Å². The van der Waals surface area contributed by atoms with Crippen LogP contribution in [0.25, 0.3) is 10.4 Å². The first-order valence-electron chi connectivity index (χ1n) is 5.07. The van der Waals surface area contributed by atoms with E-state index < -0.39 is 0 Å². The van der Waals surface area contributed by atoms with E-state index in [1.54, 1.807) is 0 Å². The Morgan fingerprint density at radius 2 is 2.20 bits per heavy atom. The molecule has 1 aromatic rings. The second kappa shape index (κ2) is 4.80. The van der Waals surface area contributed by atoms with Crippen molar-refractivity contribution < 1.29 is 0 Å². The molecule has 0 saturated heterocycles. The zero-order chi connectivity index (χ0) is 11.3. The van der Waals surface area contributed by atoms with Gasteiger partial charge in [0.15, 0.2) is 0 Å². The summed E-state index contributed by atoms with van der Waals surface area (Å²) in [6.45, 7) is 6.78. The maximum atomic E-state index is 8.23. The Balaban J connectivity index is 2.96. The Morgan fingerprint density at radius 3 is 2.80 bits per heavy atom. The van der Waals surface area contributed by atoms with Crippen LogP contribution in [0.2, 0.25) is 0 Å². The Labute approximate surface area is 90.0 Å². The average molecular weight is 204 g/mol. The molecule has 0 N–H and O–H groups in total. The van der Waals surface area contributed by atoms with E-state index in [2.05, 4.69) is 35.8 Å². The molecule has 0 unspecified atom stereocenters. The lowest BCUT2D eigenvalue weighted by Gasteiger charge is -2.22. The molecule has 1 aromatic heterocycles. The lowest BCUT2D eigenvalue weighted by atomic mass is 9.86.